The number of hydrogen-bond acceptors (Lipinski definition) is 6. The fourth-order valence-corrected chi connectivity index (χ4v) is 7.82. The van der Waals surface area contributed by atoms with Crippen molar-refractivity contribution in [3.05, 3.63) is 75.9 Å². The Morgan fingerprint density at radius 2 is 1.74 bits per heavy atom. The molecule has 244 valence electrons. The van der Waals surface area contributed by atoms with Gasteiger partial charge in [-0.15, -0.1) is 0 Å². The normalized spacial score (nSPS) is 23.2. The van der Waals surface area contributed by atoms with Crippen LogP contribution in [0.3, 0.4) is 0 Å². The average molecular weight is 628 g/mol. The van der Waals surface area contributed by atoms with Crippen LogP contribution in [0.1, 0.15) is 87.0 Å². The minimum atomic E-state index is -1.03. The van der Waals surface area contributed by atoms with E-state index in [0.29, 0.717) is 57.1 Å². The summed E-state index contributed by atoms with van der Waals surface area (Å²) in [6.45, 7) is 6.21. The van der Waals surface area contributed by atoms with Crippen LogP contribution < -0.4 is 0 Å². The van der Waals surface area contributed by atoms with Gasteiger partial charge in [0.15, 0.2) is 0 Å². The number of fused-ring (bicyclic) bond motifs is 3. The Kier molecular flexibility index (Phi) is 10.8. The molecule has 2 fully saturated rings. The van der Waals surface area contributed by atoms with Gasteiger partial charge in [0.05, 0.1) is 17.9 Å². The van der Waals surface area contributed by atoms with E-state index in [1.807, 2.05) is 44.2 Å². The number of likely N-dealkylation sites (tertiary alicyclic amines) is 1. The second-order valence-corrected chi connectivity index (χ2v) is 13.2. The van der Waals surface area contributed by atoms with Crippen molar-refractivity contribution in [3.63, 3.8) is 0 Å². The first-order valence-corrected chi connectivity index (χ1v) is 16.8. The first-order valence-electron chi connectivity index (χ1n) is 16.8. The molecule has 0 radical (unpaired) electrons. The third-order valence-corrected chi connectivity index (χ3v) is 9.90. The van der Waals surface area contributed by atoms with E-state index >= 15 is 0 Å². The van der Waals surface area contributed by atoms with Gasteiger partial charge in [0.25, 0.3) is 0 Å². The summed E-state index contributed by atoms with van der Waals surface area (Å²) in [4.78, 5) is 39.7. The largest absolute Gasteiger partial charge is 0.507 e. The lowest BCUT2D eigenvalue weighted by atomic mass is 9.58. The maximum absolute atomic E-state index is 13.8. The number of rotatable bonds is 13. The standard InChI is InChI=1S/C37H46BNO7/c1-4-11-28-21-29-34(37(44)39(36(29)43)17-10-6-9-14-32(40)41)30-22-38(45)46-31(33(28)30)16-15-27(26-12-7-5-8-13-26)20-25-18-23(2)35(42)24(3)19-25/h5,7-8,12-13,18-20,29-31,34,42,45H,4,6,9-11,14-17,21-22H2,1-3H3,(H,40,41)/b27-20-/t29-,30+,31-,34-/m1/s1. The Balaban J connectivity index is 1.40. The first-order chi connectivity index (χ1) is 22.1. The highest BCUT2D eigenvalue weighted by Gasteiger charge is 2.56. The van der Waals surface area contributed by atoms with Crippen LogP contribution >= 0.6 is 0 Å². The summed E-state index contributed by atoms with van der Waals surface area (Å²) in [5.41, 5.74) is 7.11. The Morgan fingerprint density at radius 1 is 1.02 bits per heavy atom. The number of aliphatic carboxylic acids is 1. The summed E-state index contributed by atoms with van der Waals surface area (Å²) in [5, 5.41) is 30.2. The number of aromatic hydroxyl groups is 1. The number of imide groups is 1. The number of phenolic OH excluding ortho intramolecular Hbond substituents is 1. The van der Waals surface area contributed by atoms with Crippen molar-refractivity contribution >= 4 is 36.6 Å². The molecule has 0 aromatic heterocycles. The van der Waals surface area contributed by atoms with Crippen molar-refractivity contribution in [2.45, 2.75) is 91.0 Å². The van der Waals surface area contributed by atoms with E-state index in [-0.39, 0.29) is 30.3 Å². The highest BCUT2D eigenvalue weighted by Crippen LogP contribution is 2.51. The zero-order chi connectivity index (χ0) is 33.0. The maximum Gasteiger partial charge on any atom is 0.455 e. The summed E-state index contributed by atoms with van der Waals surface area (Å²) in [5.74, 6) is -2.02. The Morgan fingerprint density at radius 3 is 2.41 bits per heavy atom. The molecule has 1 aliphatic carbocycles. The Bertz CT molecular complexity index is 1490. The second kappa shape index (κ2) is 14.8. The van der Waals surface area contributed by atoms with Gasteiger partial charge in [-0.1, -0.05) is 61.7 Å². The first kappa shape index (κ1) is 33.7. The number of aryl methyl sites for hydroxylation is 2. The SMILES string of the molecule is CCCC1=C2[C@@H](CC/C(=C/c3cc(C)c(O)c(C)c3)c3ccccc3)OB(O)C[C@@H]2[C@@H]2C(=O)N(CCCCCC(=O)O)C(=O)[C@@H]2C1. The molecule has 2 aromatic carbocycles. The molecule has 2 aliphatic heterocycles. The number of phenols is 1. The molecule has 9 heteroatoms. The molecule has 3 N–H and O–H groups in total. The van der Waals surface area contributed by atoms with Gasteiger partial charge in [0, 0.05) is 13.0 Å². The molecule has 0 spiro atoms. The molecule has 0 saturated carbocycles. The van der Waals surface area contributed by atoms with E-state index in [0.717, 1.165) is 46.2 Å². The number of carbonyl (C=O) groups is 3. The molecular formula is C37H46BNO7. The van der Waals surface area contributed by atoms with Crippen molar-refractivity contribution < 1.29 is 34.3 Å². The molecule has 3 aliphatic rings. The molecule has 2 aromatic rings. The zero-order valence-electron chi connectivity index (χ0n) is 27.2. The monoisotopic (exact) mass is 627 g/mol. The highest BCUT2D eigenvalue weighted by molar-refractivity contribution is 6.43. The number of amides is 2. The third kappa shape index (κ3) is 7.31. The van der Waals surface area contributed by atoms with E-state index in [1.54, 1.807) is 0 Å². The van der Waals surface area contributed by atoms with Crippen LogP contribution in [0.15, 0.2) is 53.6 Å². The summed E-state index contributed by atoms with van der Waals surface area (Å²) >= 11 is 0. The zero-order valence-corrected chi connectivity index (χ0v) is 27.2. The minimum absolute atomic E-state index is 0.0809. The number of nitrogens with zero attached hydrogens (tertiary/aromatic N) is 1. The third-order valence-electron chi connectivity index (χ3n) is 9.90. The predicted octanol–water partition coefficient (Wildman–Crippen LogP) is 6.57. The number of carboxylic acids is 1. The molecule has 2 saturated heterocycles. The molecule has 2 amide bonds. The number of allylic oxidation sites excluding steroid dienone is 2. The lowest BCUT2D eigenvalue weighted by Crippen LogP contribution is -2.46. The smallest absolute Gasteiger partial charge is 0.455 e. The summed E-state index contributed by atoms with van der Waals surface area (Å²) in [7, 11) is -1.03. The van der Waals surface area contributed by atoms with Crippen LogP contribution in [0, 0.1) is 31.6 Å². The fraction of sp³-hybridized carbons (Fsp3) is 0.486. The predicted molar refractivity (Wildman–Crippen MR) is 179 cm³/mol. The highest BCUT2D eigenvalue weighted by atomic mass is 16.5. The molecule has 5 rings (SSSR count). The van der Waals surface area contributed by atoms with Gasteiger partial charge < -0.3 is 19.9 Å². The summed E-state index contributed by atoms with van der Waals surface area (Å²) in [6, 6.07) is 14.1. The quantitative estimate of drug-likeness (QED) is 0.0754. The Hall–Kier alpha value is -3.69. The second-order valence-electron chi connectivity index (χ2n) is 13.2. The number of carboxylic acid groups (broad SMARTS) is 1. The van der Waals surface area contributed by atoms with Crippen LogP contribution in [0.25, 0.3) is 11.6 Å². The molecule has 8 nitrogen and oxygen atoms in total. The van der Waals surface area contributed by atoms with Gasteiger partial charge in [-0.25, -0.2) is 0 Å². The molecule has 46 heavy (non-hydrogen) atoms. The van der Waals surface area contributed by atoms with Gasteiger partial charge in [-0.3, -0.25) is 19.3 Å². The van der Waals surface area contributed by atoms with Gasteiger partial charge in [0.2, 0.25) is 11.8 Å². The lowest BCUT2D eigenvalue weighted by Gasteiger charge is -2.43. The maximum atomic E-state index is 13.8. The van der Waals surface area contributed by atoms with E-state index in [2.05, 4.69) is 25.1 Å². The van der Waals surface area contributed by atoms with Crippen LogP contribution in [0.5, 0.6) is 5.75 Å². The van der Waals surface area contributed by atoms with E-state index < -0.39 is 24.9 Å². The van der Waals surface area contributed by atoms with Crippen LogP contribution in [-0.2, 0) is 19.0 Å². The van der Waals surface area contributed by atoms with Gasteiger partial charge >= 0.3 is 13.1 Å². The van der Waals surface area contributed by atoms with Crippen molar-refractivity contribution in [1.82, 2.24) is 4.90 Å². The van der Waals surface area contributed by atoms with Crippen LogP contribution in [-0.4, -0.2) is 57.7 Å². The van der Waals surface area contributed by atoms with Crippen LogP contribution in [0.4, 0.5) is 0 Å². The topological polar surface area (TPSA) is 124 Å². The molecule has 0 bridgehead atoms. The molecule has 0 unspecified atom stereocenters. The van der Waals surface area contributed by atoms with Gasteiger partial charge in [-0.05, 0) is 110 Å². The van der Waals surface area contributed by atoms with Gasteiger partial charge in [-0.2, -0.15) is 0 Å². The van der Waals surface area contributed by atoms with Crippen molar-refractivity contribution in [2.24, 2.45) is 17.8 Å². The van der Waals surface area contributed by atoms with E-state index in [1.165, 1.54) is 10.5 Å². The number of hydrogen-bond donors (Lipinski definition) is 3. The number of unbranched alkanes of at least 4 members (excludes halogenated alkanes) is 2. The number of benzene rings is 2. The molecule has 4 atom stereocenters. The Labute approximate surface area is 272 Å². The molecular weight excluding hydrogens is 581 g/mol. The molecule has 2 heterocycles. The van der Waals surface area contributed by atoms with Crippen LogP contribution in [0.2, 0.25) is 6.32 Å². The lowest BCUT2D eigenvalue weighted by molar-refractivity contribution is -0.141. The van der Waals surface area contributed by atoms with Crippen molar-refractivity contribution in [2.75, 3.05) is 6.54 Å². The summed E-state index contributed by atoms with van der Waals surface area (Å²) in [6.07, 6.45) is 7.42. The minimum Gasteiger partial charge on any atom is -0.507 e. The van der Waals surface area contributed by atoms with Gasteiger partial charge in [0.1, 0.15) is 5.75 Å². The van der Waals surface area contributed by atoms with E-state index in [4.69, 9.17) is 9.76 Å². The average Bonchev–Trinajstić information content (AvgIpc) is 3.26. The number of carbonyl (C=O) groups excluding carboxylic acids is 2. The van der Waals surface area contributed by atoms with Crippen molar-refractivity contribution in [1.29, 1.82) is 0 Å². The van der Waals surface area contributed by atoms with Crippen molar-refractivity contribution in [3.8, 4) is 5.75 Å². The summed E-state index contributed by atoms with van der Waals surface area (Å²) < 4.78 is 6.25. The van der Waals surface area contributed by atoms with E-state index in [9.17, 15) is 24.5 Å². The fourth-order valence-electron chi connectivity index (χ4n) is 7.82.